The van der Waals surface area contributed by atoms with Crippen LogP contribution in [-0.4, -0.2) is 59.3 Å². The van der Waals surface area contributed by atoms with Crippen molar-refractivity contribution in [1.82, 2.24) is 9.21 Å². The molecule has 3 rings (SSSR count). The molecule has 0 bridgehead atoms. The Bertz CT molecular complexity index is 1120. The smallest absolute Gasteiger partial charge is 0.262 e. The maximum absolute atomic E-state index is 13.1. The number of benzene rings is 2. The Labute approximate surface area is 173 Å². The second kappa shape index (κ2) is 8.06. The van der Waals surface area contributed by atoms with Crippen molar-refractivity contribution in [3.05, 3.63) is 53.1 Å². The monoisotopic (exact) mass is 437 g/mol. The second-order valence-corrected chi connectivity index (χ2v) is 11.1. The molecule has 0 amide bonds. The molecular formula is C20H27N3O4S2. The average Bonchev–Trinajstić information content (AvgIpc) is 2.65. The summed E-state index contributed by atoms with van der Waals surface area (Å²) < 4.78 is 56.0. The topological polar surface area (TPSA) is 86.8 Å². The number of nitrogens with one attached hydrogen (secondary N) is 1. The molecular weight excluding hydrogens is 410 g/mol. The van der Waals surface area contributed by atoms with Crippen molar-refractivity contribution in [2.75, 3.05) is 37.9 Å². The minimum absolute atomic E-state index is 0.128. The molecule has 158 valence electrons. The van der Waals surface area contributed by atoms with Gasteiger partial charge in [-0.25, -0.2) is 16.8 Å². The Morgan fingerprint density at radius 1 is 0.793 bits per heavy atom. The number of piperazine rings is 1. The zero-order valence-corrected chi connectivity index (χ0v) is 18.8. The predicted molar refractivity (Wildman–Crippen MR) is 114 cm³/mol. The van der Waals surface area contributed by atoms with E-state index in [0.29, 0.717) is 37.3 Å². The standard InChI is InChI=1S/C20H27N3O4S2/c1-15-5-6-16(2)19(13-15)28(24,25)21-18-8-7-17(3)20(14-18)29(26,27)23-11-9-22(4)10-12-23/h5-8,13-14,21H,9-12H2,1-4H3. The highest BCUT2D eigenvalue weighted by Crippen LogP contribution is 2.27. The van der Waals surface area contributed by atoms with Gasteiger partial charge in [0, 0.05) is 26.2 Å². The molecule has 0 aliphatic carbocycles. The number of rotatable bonds is 5. The van der Waals surface area contributed by atoms with E-state index < -0.39 is 20.0 Å². The van der Waals surface area contributed by atoms with E-state index in [9.17, 15) is 16.8 Å². The van der Waals surface area contributed by atoms with E-state index in [1.807, 2.05) is 20.0 Å². The molecule has 2 aromatic carbocycles. The number of likely N-dealkylation sites (N-methyl/N-ethyl adjacent to an activating group) is 1. The SMILES string of the molecule is Cc1ccc(C)c(S(=O)(=O)Nc2ccc(C)c(S(=O)(=O)N3CCN(C)CC3)c2)c1. The first-order valence-corrected chi connectivity index (χ1v) is 12.3. The van der Waals surface area contributed by atoms with Crippen molar-refractivity contribution >= 4 is 25.7 Å². The third kappa shape index (κ3) is 4.63. The largest absolute Gasteiger partial charge is 0.304 e. The number of hydrogen-bond acceptors (Lipinski definition) is 5. The fourth-order valence-corrected chi connectivity index (χ4v) is 6.37. The summed E-state index contributed by atoms with van der Waals surface area (Å²) in [4.78, 5) is 2.39. The third-order valence-electron chi connectivity index (χ3n) is 5.15. The lowest BCUT2D eigenvalue weighted by molar-refractivity contribution is 0.222. The number of nitrogens with zero attached hydrogens (tertiary/aromatic N) is 2. The van der Waals surface area contributed by atoms with Crippen LogP contribution in [0.15, 0.2) is 46.2 Å². The molecule has 1 N–H and O–H groups in total. The molecule has 9 heteroatoms. The van der Waals surface area contributed by atoms with Gasteiger partial charge in [-0.2, -0.15) is 4.31 Å². The molecule has 1 aliphatic heterocycles. The van der Waals surface area contributed by atoms with Crippen molar-refractivity contribution < 1.29 is 16.8 Å². The van der Waals surface area contributed by atoms with E-state index in [-0.39, 0.29) is 15.5 Å². The van der Waals surface area contributed by atoms with Crippen LogP contribution in [0.5, 0.6) is 0 Å². The van der Waals surface area contributed by atoms with Crippen LogP contribution >= 0.6 is 0 Å². The maximum Gasteiger partial charge on any atom is 0.262 e. The van der Waals surface area contributed by atoms with Crippen LogP contribution in [0.25, 0.3) is 0 Å². The van der Waals surface area contributed by atoms with Crippen LogP contribution in [0.3, 0.4) is 0 Å². The summed E-state index contributed by atoms with van der Waals surface area (Å²) in [5, 5.41) is 0. The average molecular weight is 438 g/mol. The lowest BCUT2D eigenvalue weighted by Gasteiger charge is -2.32. The molecule has 29 heavy (non-hydrogen) atoms. The molecule has 0 unspecified atom stereocenters. The van der Waals surface area contributed by atoms with Crippen molar-refractivity contribution in [2.45, 2.75) is 30.6 Å². The number of anilines is 1. The quantitative estimate of drug-likeness (QED) is 0.776. The van der Waals surface area contributed by atoms with Crippen molar-refractivity contribution in [1.29, 1.82) is 0 Å². The van der Waals surface area contributed by atoms with Crippen LogP contribution in [0.1, 0.15) is 16.7 Å². The van der Waals surface area contributed by atoms with Gasteiger partial charge in [0.1, 0.15) is 0 Å². The van der Waals surface area contributed by atoms with Crippen molar-refractivity contribution in [3.8, 4) is 0 Å². The van der Waals surface area contributed by atoms with Crippen molar-refractivity contribution in [2.24, 2.45) is 0 Å². The van der Waals surface area contributed by atoms with E-state index in [1.54, 1.807) is 38.1 Å². The van der Waals surface area contributed by atoms with Gasteiger partial charge in [0.2, 0.25) is 10.0 Å². The zero-order valence-electron chi connectivity index (χ0n) is 17.1. The maximum atomic E-state index is 13.1. The number of hydrogen-bond donors (Lipinski definition) is 1. The van der Waals surface area contributed by atoms with Gasteiger partial charge in [0.05, 0.1) is 15.5 Å². The van der Waals surface area contributed by atoms with Crippen LogP contribution in [0, 0.1) is 20.8 Å². The van der Waals surface area contributed by atoms with E-state index in [4.69, 9.17) is 0 Å². The Kier molecular flexibility index (Phi) is 6.05. The summed E-state index contributed by atoms with van der Waals surface area (Å²) >= 11 is 0. The molecule has 1 fully saturated rings. The second-order valence-electron chi connectivity index (χ2n) is 7.56. The Morgan fingerprint density at radius 3 is 2.03 bits per heavy atom. The highest BCUT2D eigenvalue weighted by Gasteiger charge is 2.29. The minimum atomic E-state index is -3.84. The summed E-state index contributed by atoms with van der Waals surface area (Å²) in [6, 6.07) is 9.83. The highest BCUT2D eigenvalue weighted by atomic mass is 32.2. The lowest BCUT2D eigenvalue weighted by Crippen LogP contribution is -2.47. The predicted octanol–water partition coefficient (Wildman–Crippen LogP) is 2.35. The first-order valence-electron chi connectivity index (χ1n) is 9.40. The molecule has 1 heterocycles. The van der Waals surface area contributed by atoms with Gasteiger partial charge in [-0.3, -0.25) is 4.72 Å². The van der Waals surface area contributed by atoms with E-state index >= 15 is 0 Å². The molecule has 0 radical (unpaired) electrons. The summed E-state index contributed by atoms with van der Waals surface area (Å²) in [6.45, 7) is 7.42. The third-order valence-corrected chi connectivity index (χ3v) is 8.72. The van der Waals surface area contributed by atoms with Gasteiger partial charge in [-0.1, -0.05) is 18.2 Å². The van der Waals surface area contributed by atoms with E-state index in [0.717, 1.165) is 5.56 Å². The summed E-state index contributed by atoms with van der Waals surface area (Å²) in [5.74, 6) is 0. The first kappa shape index (κ1) is 21.8. The molecule has 0 spiro atoms. The fourth-order valence-electron chi connectivity index (χ4n) is 3.32. The van der Waals surface area contributed by atoms with Crippen LogP contribution in [0.4, 0.5) is 5.69 Å². The Morgan fingerprint density at radius 2 is 1.38 bits per heavy atom. The number of sulfonamides is 2. The normalized spacial score (nSPS) is 16.7. The highest BCUT2D eigenvalue weighted by molar-refractivity contribution is 7.92. The molecule has 2 aromatic rings. The first-order chi connectivity index (χ1) is 13.5. The van der Waals surface area contributed by atoms with Gasteiger partial charge in [-0.15, -0.1) is 0 Å². The molecule has 0 aromatic heterocycles. The van der Waals surface area contributed by atoms with E-state index in [2.05, 4.69) is 9.62 Å². The molecule has 0 saturated carbocycles. The zero-order chi connectivity index (χ0) is 21.4. The van der Waals surface area contributed by atoms with Gasteiger partial charge < -0.3 is 4.90 Å². The van der Waals surface area contributed by atoms with Crippen LogP contribution < -0.4 is 4.72 Å². The molecule has 7 nitrogen and oxygen atoms in total. The van der Waals surface area contributed by atoms with Gasteiger partial charge in [-0.05, 0) is 62.7 Å². The lowest BCUT2D eigenvalue weighted by atomic mass is 10.2. The summed E-state index contributed by atoms with van der Waals surface area (Å²) in [5.41, 5.74) is 2.27. The molecule has 1 aliphatic rings. The molecule has 0 atom stereocenters. The van der Waals surface area contributed by atoms with Gasteiger partial charge in [0.15, 0.2) is 0 Å². The van der Waals surface area contributed by atoms with Crippen LogP contribution in [0.2, 0.25) is 0 Å². The van der Waals surface area contributed by atoms with Gasteiger partial charge >= 0.3 is 0 Å². The van der Waals surface area contributed by atoms with Gasteiger partial charge in [0.25, 0.3) is 10.0 Å². The van der Waals surface area contributed by atoms with E-state index in [1.165, 1.54) is 10.4 Å². The number of aryl methyl sites for hydroxylation is 3. The summed E-state index contributed by atoms with van der Waals surface area (Å²) in [6.07, 6.45) is 0. The van der Waals surface area contributed by atoms with Crippen LogP contribution in [-0.2, 0) is 20.0 Å². The minimum Gasteiger partial charge on any atom is -0.304 e. The fraction of sp³-hybridized carbons (Fsp3) is 0.400. The Hall–Kier alpha value is -1.94. The molecule has 1 saturated heterocycles. The Balaban J connectivity index is 1.94. The van der Waals surface area contributed by atoms with Crippen molar-refractivity contribution in [3.63, 3.8) is 0 Å². The summed E-state index contributed by atoms with van der Waals surface area (Å²) in [7, 11) is -5.58.